The minimum Gasteiger partial charge on any atom is -0.395 e. The van der Waals surface area contributed by atoms with E-state index in [1.165, 1.54) is 4.90 Å². The minimum absolute atomic E-state index is 0.0619. The van der Waals surface area contributed by atoms with Gasteiger partial charge in [0, 0.05) is 26.2 Å². The van der Waals surface area contributed by atoms with Gasteiger partial charge in [0.15, 0.2) is 0 Å². The normalized spacial score (nSPS) is 10.0. The molecule has 0 radical (unpaired) electrons. The molecule has 0 rings (SSSR count). The number of hydrogen-bond acceptors (Lipinski definition) is 4. The molecule has 0 saturated carbocycles. The molecule has 6 heteroatoms. The van der Waals surface area contributed by atoms with E-state index in [0.29, 0.717) is 13.1 Å². The fraction of sp³-hybridized carbons (Fsp3) is 0.800. The molecule has 16 heavy (non-hydrogen) atoms. The highest BCUT2D eigenvalue weighted by atomic mass is 16.3. The highest BCUT2D eigenvalue weighted by molar-refractivity contribution is 6.34. The summed E-state index contributed by atoms with van der Waals surface area (Å²) < 4.78 is 0. The van der Waals surface area contributed by atoms with Crippen LogP contribution in [0.5, 0.6) is 0 Å². The van der Waals surface area contributed by atoms with Gasteiger partial charge in [-0.1, -0.05) is 0 Å². The standard InChI is InChI=1S/C10H20N2O4/c1-3-11(4-2)9(15)10(16)12(5-7-13)6-8-14/h13-14H,3-8H2,1-2H3. The van der Waals surface area contributed by atoms with Crippen molar-refractivity contribution >= 4 is 11.8 Å². The van der Waals surface area contributed by atoms with Crippen LogP contribution in [0.3, 0.4) is 0 Å². The molecule has 0 fully saturated rings. The molecule has 0 aliphatic heterocycles. The number of rotatable bonds is 6. The maximum atomic E-state index is 11.7. The van der Waals surface area contributed by atoms with E-state index in [1.807, 2.05) is 0 Å². The topological polar surface area (TPSA) is 81.1 Å². The van der Waals surface area contributed by atoms with Crippen LogP contribution < -0.4 is 0 Å². The fourth-order valence-corrected chi connectivity index (χ4v) is 1.34. The van der Waals surface area contributed by atoms with Gasteiger partial charge < -0.3 is 20.0 Å². The minimum atomic E-state index is -0.674. The Balaban J connectivity index is 4.52. The maximum absolute atomic E-state index is 11.7. The fourth-order valence-electron chi connectivity index (χ4n) is 1.34. The van der Waals surface area contributed by atoms with Crippen molar-refractivity contribution in [2.24, 2.45) is 0 Å². The zero-order chi connectivity index (χ0) is 12.6. The van der Waals surface area contributed by atoms with Crippen molar-refractivity contribution in [1.82, 2.24) is 9.80 Å². The first-order valence-electron chi connectivity index (χ1n) is 5.42. The Morgan fingerprint density at radius 1 is 0.875 bits per heavy atom. The second-order valence-corrected chi connectivity index (χ2v) is 3.22. The molecule has 0 aromatic carbocycles. The first-order valence-corrected chi connectivity index (χ1v) is 5.42. The predicted octanol–water partition coefficient (Wildman–Crippen LogP) is -1.33. The maximum Gasteiger partial charge on any atom is 0.312 e. The second kappa shape index (κ2) is 8.06. The molecule has 0 aliphatic rings. The van der Waals surface area contributed by atoms with Gasteiger partial charge in [-0.15, -0.1) is 0 Å². The number of carbonyl (C=O) groups is 2. The summed E-state index contributed by atoms with van der Waals surface area (Å²) in [6.45, 7) is 4.18. The van der Waals surface area contributed by atoms with Gasteiger partial charge >= 0.3 is 11.8 Å². The van der Waals surface area contributed by atoms with Gasteiger partial charge in [-0.2, -0.15) is 0 Å². The summed E-state index contributed by atoms with van der Waals surface area (Å²) in [5.41, 5.74) is 0. The Bertz CT molecular complexity index is 223. The van der Waals surface area contributed by atoms with Crippen molar-refractivity contribution in [2.75, 3.05) is 39.4 Å². The quantitative estimate of drug-likeness (QED) is 0.556. The van der Waals surface area contributed by atoms with Gasteiger partial charge in [0.1, 0.15) is 0 Å². The molecular weight excluding hydrogens is 212 g/mol. The number of aliphatic hydroxyl groups excluding tert-OH is 2. The van der Waals surface area contributed by atoms with Crippen LogP contribution >= 0.6 is 0 Å². The number of likely N-dealkylation sites (N-methyl/N-ethyl adjacent to an activating group) is 1. The summed E-state index contributed by atoms with van der Waals surface area (Å²) in [5, 5.41) is 17.5. The van der Waals surface area contributed by atoms with E-state index in [0.717, 1.165) is 4.90 Å². The summed E-state index contributed by atoms with van der Waals surface area (Å²) in [5.74, 6) is -1.27. The molecule has 0 unspecified atom stereocenters. The lowest BCUT2D eigenvalue weighted by atomic mass is 10.3. The average Bonchev–Trinajstić information content (AvgIpc) is 2.29. The van der Waals surface area contributed by atoms with E-state index < -0.39 is 11.8 Å². The Kier molecular flexibility index (Phi) is 7.49. The van der Waals surface area contributed by atoms with E-state index in [-0.39, 0.29) is 26.3 Å². The third-order valence-corrected chi connectivity index (χ3v) is 2.26. The molecule has 0 aromatic heterocycles. The van der Waals surface area contributed by atoms with Crippen molar-refractivity contribution in [1.29, 1.82) is 0 Å². The first-order chi connectivity index (χ1) is 7.62. The molecule has 2 N–H and O–H groups in total. The second-order valence-electron chi connectivity index (χ2n) is 3.22. The van der Waals surface area contributed by atoms with Crippen LogP contribution in [0, 0.1) is 0 Å². The Labute approximate surface area is 95.5 Å². The number of hydrogen-bond donors (Lipinski definition) is 2. The van der Waals surface area contributed by atoms with Gasteiger partial charge in [0.05, 0.1) is 13.2 Å². The van der Waals surface area contributed by atoms with Crippen LogP contribution in [0.2, 0.25) is 0 Å². The molecule has 0 spiro atoms. The number of nitrogens with zero attached hydrogens (tertiary/aromatic N) is 2. The molecule has 0 atom stereocenters. The highest BCUT2D eigenvalue weighted by Crippen LogP contribution is 1.96. The molecule has 6 nitrogen and oxygen atoms in total. The van der Waals surface area contributed by atoms with E-state index in [1.54, 1.807) is 13.8 Å². The molecular formula is C10H20N2O4. The van der Waals surface area contributed by atoms with Crippen molar-refractivity contribution in [2.45, 2.75) is 13.8 Å². The largest absolute Gasteiger partial charge is 0.395 e. The monoisotopic (exact) mass is 232 g/mol. The van der Waals surface area contributed by atoms with Crippen molar-refractivity contribution in [3.63, 3.8) is 0 Å². The lowest BCUT2D eigenvalue weighted by Crippen LogP contribution is -2.47. The lowest BCUT2D eigenvalue weighted by Gasteiger charge is -2.24. The van der Waals surface area contributed by atoms with Crippen LogP contribution in [0.4, 0.5) is 0 Å². The Morgan fingerprint density at radius 2 is 1.25 bits per heavy atom. The molecule has 0 aliphatic carbocycles. The lowest BCUT2D eigenvalue weighted by molar-refractivity contribution is -0.152. The summed E-state index contributed by atoms with van der Waals surface area (Å²) in [7, 11) is 0. The summed E-state index contributed by atoms with van der Waals surface area (Å²) in [6.07, 6.45) is 0. The van der Waals surface area contributed by atoms with Gasteiger partial charge in [-0.05, 0) is 13.8 Å². The SMILES string of the molecule is CCN(CC)C(=O)C(=O)N(CCO)CCO. The van der Waals surface area contributed by atoms with Gasteiger partial charge in [-0.25, -0.2) is 0 Å². The van der Waals surface area contributed by atoms with E-state index >= 15 is 0 Å². The summed E-state index contributed by atoms with van der Waals surface area (Å²) in [6, 6.07) is 0. The smallest absolute Gasteiger partial charge is 0.312 e. The van der Waals surface area contributed by atoms with Gasteiger partial charge in [0.2, 0.25) is 0 Å². The molecule has 0 heterocycles. The molecule has 0 bridgehead atoms. The number of amides is 2. The Morgan fingerprint density at radius 3 is 1.56 bits per heavy atom. The summed E-state index contributed by atoms with van der Waals surface area (Å²) >= 11 is 0. The van der Waals surface area contributed by atoms with Crippen molar-refractivity contribution in [3.8, 4) is 0 Å². The molecule has 0 aromatic rings. The average molecular weight is 232 g/mol. The van der Waals surface area contributed by atoms with Gasteiger partial charge in [0.25, 0.3) is 0 Å². The highest BCUT2D eigenvalue weighted by Gasteiger charge is 2.24. The van der Waals surface area contributed by atoms with E-state index in [9.17, 15) is 9.59 Å². The van der Waals surface area contributed by atoms with E-state index in [4.69, 9.17) is 10.2 Å². The van der Waals surface area contributed by atoms with Crippen LogP contribution in [0.25, 0.3) is 0 Å². The predicted molar refractivity (Wildman–Crippen MR) is 58.7 cm³/mol. The number of carbonyl (C=O) groups excluding carboxylic acids is 2. The van der Waals surface area contributed by atoms with Crippen molar-refractivity contribution in [3.05, 3.63) is 0 Å². The van der Waals surface area contributed by atoms with Crippen LogP contribution in [0.15, 0.2) is 0 Å². The van der Waals surface area contributed by atoms with E-state index in [2.05, 4.69) is 0 Å². The summed E-state index contributed by atoms with van der Waals surface area (Å²) in [4.78, 5) is 25.9. The molecule has 94 valence electrons. The molecule has 0 saturated heterocycles. The number of aliphatic hydroxyl groups is 2. The van der Waals surface area contributed by atoms with Crippen LogP contribution in [-0.4, -0.2) is 71.2 Å². The van der Waals surface area contributed by atoms with Crippen molar-refractivity contribution < 1.29 is 19.8 Å². The third kappa shape index (κ3) is 4.16. The Hall–Kier alpha value is -1.14. The van der Waals surface area contributed by atoms with Gasteiger partial charge in [-0.3, -0.25) is 9.59 Å². The zero-order valence-corrected chi connectivity index (χ0v) is 9.85. The molecule has 2 amide bonds. The first kappa shape index (κ1) is 14.9. The van der Waals surface area contributed by atoms with Crippen LogP contribution in [-0.2, 0) is 9.59 Å². The third-order valence-electron chi connectivity index (χ3n) is 2.26. The van der Waals surface area contributed by atoms with Crippen LogP contribution in [0.1, 0.15) is 13.8 Å². The zero-order valence-electron chi connectivity index (χ0n) is 9.85.